The van der Waals surface area contributed by atoms with Gasteiger partial charge in [-0.2, -0.15) is 5.26 Å². The van der Waals surface area contributed by atoms with Gasteiger partial charge in [-0.05, 0) is 42.9 Å². The summed E-state index contributed by atoms with van der Waals surface area (Å²) in [5, 5.41) is 8.73. The number of hydrogen-bond acceptors (Lipinski definition) is 4. The van der Waals surface area contributed by atoms with Crippen molar-refractivity contribution in [3.63, 3.8) is 0 Å². The number of sulfone groups is 1. The van der Waals surface area contributed by atoms with Crippen molar-refractivity contribution in [3.05, 3.63) is 23.8 Å². The van der Waals surface area contributed by atoms with Crippen molar-refractivity contribution in [3.8, 4) is 6.07 Å². The van der Waals surface area contributed by atoms with E-state index in [-0.39, 0.29) is 16.1 Å². The first kappa shape index (κ1) is 12.9. The number of benzene rings is 1. The second-order valence-corrected chi connectivity index (χ2v) is 7.09. The molecule has 0 radical (unpaired) electrons. The highest BCUT2D eigenvalue weighted by molar-refractivity contribution is 7.91. The molecule has 0 atom stereocenters. The second kappa shape index (κ2) is 4.29. The zero-order chi connectivity index (χ0) is 13.4. The summed E-state index contributed by atoms with van der Waals surface area (Å²) in [6, 6.07) is 7.04. The summed E-state index contributed by atoms with van der Waals surface area (Å²) in [7, 11) is -3.40. The van der Waals surface area contributed by atoms with E-state index in [0.29, 0.717) is 12.1 Å². The molecule has 18 heavy (non-hydrogen) atoms. The topological polar surface area (TPSA) is 84.0 Å². The maximum atomic E-state index is 12.3. The number of nitriles is 1. The van der Waals surface area contributed by atoms with Crippen LogP contribution in [0.2, 0.25) is 0 Å². The molecular weight excluding hydrogens is 248 g/mol. The van der Waals surface area contributed by atoms with Crippen LogP contribution in [0.1, 0.15) is 24.8 Å². The largest absolute Gasteiger partial charge is 0.398 e. The Balaban J connectivity index is 2.29. The molecule has 0 amide bonds. The van der Waals surface area contributed by atoms with Gasteiger partial charge in [0.15, 0.2) is 9.84 Å². The number of hydrogen-bond donors (Lipinski definition) is 1. The van der Waals surface area contributed by atoms with Gasteiger partial charge in [-0.1, -0.05) is 6.07 Å². The first-order valence-corrected chi connectivity index (χ1v) is 7.50. The highest BCUT2D eigenvalue weighted by Crippen LogP contribution is 2.50. The van der Waals surface area contributed by atoms with Crippen LogP contribution in [-0.2, 0) is 9.84 Å². The van der Waals surface area contributed by atoms with Crippen molar-refractivity contribution in [1.82, 2.24) is 0 Å². The van der Waals surface area contributed by atoms with E-state index in [1.165, 1.54) is 0 Å². The van der Waals surface area contributed by atoms with Gasteiger partial charge in [0.2, 0.25) is 0 Å². The van der Waals surface area contributed by atoms with E-state index >= 15 is 0 Å². The molecule has 0 aliphatic heterocycles. The van der Waals surface area contributed by atoms with Gasteiger partial charge in [0, 0.05) is 6.42 Å². The van der Waals surface area contributed by atoms with Crippen molar-refractivity contribution in [2.75, 3.05) is 11.5 Å². The average molecular weight is 264 g/mol. The van der Waals surface area contributed by atoms with Gasteiger partial charge in [0.1, 0.15) is 0 Å². The maximum Gasteiger partial charge on any atom is 0.180 e. The lowest BCUT2D eigenvalue weighted by Gasteiger charge is -2.13. The molecule has 96 valence electrons. The lowest BCUT2D eigenvalue weighted by atomic mass is 10.1. The highest BCUT2D eigenvalue weighted by Gasteiger charge is 2.46. The van der Waals surface area contributed by atoms with Gasteiger partial charge in [-0.3, -0.25) is 0 Å². The smallest absolute Gasteiger partial charge is 0.180 e. The van der Waals surface area contributed by atoms with Crippen LogP contribution >= 0.6 is 0 Å². The Labute approximate surface area is 107 Å². The van der Waals surface area contributed by atoms with Gasteiger partial charge in [0.05, 0.1) is 22.4 Å². The van der Waals surface area contributed by atoms with Gasteiger partial charge >= 0.3 is 0 Å². The summed E-state index contributed by atoms with van der Waals surface area (Å²) in [4.78, 5) is 0.192. The third-order valence-electron chi connectivity index (χ3n) is 3.41. The van der Waals surface area contributed by atoms with E-state index in [1.54, 1.807) is 18.2 Å². The number of aryl methyl sites for hydroxylation is 1. The van der Waals surface area contributed by atoms with Crippen molar-refractivity contribution < 1.29 is 8.42 Å². The Morgan fingerprint density at radius 3 is 2.61 bits per heavy atom. The molecule has 1 aliphatic carbocycles. The Hall–Kier alpha value is -1.54. The third-order valence-corrected chi connectivity index (χ3v) is 5.44. The standard InChI is InChI=1S/C13H16N2O2S/c1-10-2-3-12(11(15)8-10)18(16,17)9-13(4-5-13)6-7-14/h2-3,8H,4-6,9,15H2,1H3. The van der Waals surface area contributed by atoms with Crippen LogP contribution < -0.4 is 5.73 Å². The molecule has 1 aromatic carbocycles. The van der Waals surface area contributed by atoms with E-state index in [2.05, 4.69) is 6.07 Å². The SMILES string of the molecule is Cc1ccc(S(=O)(=O)CC2(CC#N)CC2)c(N)c1. The molecule has 0 bridgehead atoms. The van der Waals surface area contributed by atoms with Gasteiger partial charge in [0.25, 0.3) is 0 Å². The molecule has 4 nitrogen and oxygen atoms in total. The first-order valence-electron chi connectivity index (χ1n) is 5.84. The minimum Gasteiger partial charge on any atom is -0.398 e. The molecule has 2 rings (SSSR count). The summed E-state index contributed by atoms with van der Waals surface area (Å²) in [6.45, 7) is 1.87. The summed E-state index contributed by atoms with van der Waals surface area (Å²) in [5.41, 5.74) is 6.68. The zero-order valence-electron chi connectivity index (χ0n) is 10.3. The molecular formula is C13H16N2O2S. The Bertz CT molecular complexity index is 610. The number of anilines is 1. The van der Waals surface area contributed by atoms with Crippen LogP contribution in [-0.4, -0.2) is 14.2 Å². The summed E-state index contributed by atoms with van der Waals surface area (Å²) in [5.74, 6) is 0.0286. The quantitative estimate of drug-likeness (QED) is 0.843. The monoisotopic (exact) mass is 264 g/mol. The molecule has 0 saturated heterocycles. The van der Waals surface area contributed by atoms with E-state index < -0.39 is 9.84 Å². The van der Waals surface area contributed by atoms with Crippen LogP contribution in [0.4, 0.5) is 5.69 Å². The molecule has 1 aliphatic rings. The second-order valence-electron chi connectivity index (χ2n) is 5.14. The fraction of sp³-hybridized carbons (Fsp3) is 0.462. The average Bonchev–Trinajstić information content (AvgIpc) is 2.96. The summed E-state index contributed by atoms with van der Waals surface area (Å²) in [6.07, 6.45) is 1.93. The number of nitrogens with zero attached hydrogens (tertiary/aromatic N) is 1. The molecule has 1 fully saturated rings. The molecule has 1 saturated carbocycles. The van der Waals surface area contributed by atoms with Crippen molar-refractivity contribution in [2.24, 2.45) is 5.41 Å². The fourth-order valence-corrected chi connectivity index (χ4v) is 4.19. The molecule has 5 heteroatoms. The normalized spacial score (nSPS) is 17.1. The highest BCUT2D eigenvalue weighted by atomic mass is 32.2. The minimum absolute atomic E-state index is 0.0286. The first-order chi connectivity index (χ1) is 8.38. The summed E-state index contributed by atoms with van der Waals surface area (Å²) < 4.78 is 24.6. The molecule has 0 heterocycles. The van der Waals surface area contributed by atoms with Crippen LogP contribution in [0.5, 0.6) is 0 Å². The van der Waals surface area contributed by atoms with E-state index in [4.69, 9.17) is 11.0 Å². The van der Waals surface area contributed by atoms with Crippen molar-refractivity contribution in [2.45, 2.75) is 31.1 Å². The van der Waals surface area contributed by atoms with Crippen LogP contribution in [0.3, 0.4) is 0 Å². The maximum absolute atomic E-state index is 12.3. The van der Waals surface area contributed by atoms with Crippen molar-refractivity contribution >= 4 is 15.5 Å². The van der Waals surface area contributed by atoms with E-state index in [1.807, 2.05) is 6.92 Å². The zero-order valence-corrected chi connectivity index (χ0v) is 11.1. The van der Waals surface area contributed by atoms with Gasteiger partial charge < -0.3 is 5.73 Å². The lowest BCUT2D eigenvalue weighted by molar-refractivity contribution is 0.548. The molecule has 0 unspecified atom stereocenters. The van der Waals surface area contributed by atoms with Crippen LogP contribution in [0.15, 0.2) is 23.1 Å². The van der Waals surface area contributed by atoms with Crippen LogP contribution in [0.25, 0.3) is 0 Å². The van der Waals surface area contributed by atoms with Gasteiger partial charge in [-0.15, -0.1) is 0 Å². The van der Waals surface area contributed by atoms with Crippen molar-refractivity contribution in [1.29, 1.82) is 5.26 Å². The predicted octanol–water partition coefficient (Wildman–Crippen LogP) is 2.04. The summed E-state index contributed by atoms with van der Waals surface area (Å²) >= 11 is 0. The fourth-order valence-electron chi connectivity index (χ4n) is 2.15. The molecule has 1 aromatic rings. The molecule has 0 aromatic heterocycles. The molecule has 2 N–H and O–H groups in total. The van der Waals surface area contributed by atoms with Crippen LogP contribution in [0, 0.1) is 23.7 Å². The number of rotatable bonds is 4. The predicted molar refractivity (Wildman–Crippen MR) is 69.5 cm³/mol. The van der Waals surface area contributed by atoms with E-state index in [0.717, 1.165) is 18.4 Å². The Morgan fingerprint density at radius 1 is 1.44 bits per heavy atom. The Kier molecular flexibility index (Phi) is 3.07. The number of nitrogen functional groups attached to an aromatic ring is 1. The molecule has 0 spiro atoms. The third kappa shape index (κ3) is 2.49. The van der Waals surface area contributed by atoms with E-state index in [9.17, 15) is 8.42 Å². The lowest BCUT2D eigenvalue weighted by Crippen LogP contribution is -2.18. The number of nitrogens with two attached hydrogens (primary N) is 1. The van der Waals surface area contributed by atoms with Gasteiger partial charge in [-0.25, -0.2) is 8.42 Å². The Morgan fingerprint density at radius 2 is 2.11 bits per heavy atom. The minimum atomic E-state index is -3.40.